The van der Waals surface area contributed by atoms with Crippen LogP contribution in [0.5, 0.6) is 0 Å². The van der Waals surface area contributed by atoms with Crippen molar-refractivity contribution in [3.05, 3.63) is 16.9 Å². The summed E-state index contributed by atoms with van der Waals surface area (Å²) in [6, 6.07) is -0.225. The Hall–Kier alpha value is -0.580. The van der Waals surface area contributed by atoms with Gasteiger partial charge in [-0.1, -0.05) is 25.4 Å². The number of aryl methyl sites for hydroxylation is 1. The first-order valence-corrected chi connectivity index (χ1v) is 6.03. The maximum Gasteiger partial charge on any atom is 0.0835 e. The van der Waals surface area contributed by atoms with Crippen LogP contribution in [0.3, 0.4) is 0 Å². The normalized spacial score (nSPS) is 15.1. The van der Waals surface area contributed by atoms with Gasteiger partial charge >= 0.3 is 0 Å². The summed E-state index contributed by atoms with van der Waals surface area (Å²) in [7, 11) is 1.67. The molecule has 0 aliphatic carbocycles. The fourth-order valence-corrected chi connectivity index (χ4v) is 2.10. The van der Waals surface area contributed by atoms with Crippen molar-refractivity contribution in [2.45, 2.75) is 45.4 Å². The average Bonchev–Trinajstić information content (AvgIpc) is 2.62. The molecule has 0 radical (unpaired) electrons. The monoisotopic (exact) mass is 245 g/mol. The molecule has 0 spiro atoms. The molecule has 1 heterocycles. The molecule has 92 valence electrons. The maximum absolute atomic E-state index is 6.17. The highest BCUT2D eigenvalue weighted by Crippen LogP contribution is 2.26. The Balaban J connectivity index is 2.95. The van der Waals surface area contributed by atoms with Crippen molar-refractivity contribution in [3.8, 4) is 0 Å². The predicted molar refractivity (Wildman–Crippen MR) is 65.5 cm³/mol. The Bertz CT molecular complexity index is 323. The van der Waals surface area contributed by atoms with Gasteiger partial charge in [0.2, 0.25) is 0 Å². The number of methoxy groups -OCH3 is 1. The quantitative estimate of drug-likeness (QED) is 0.837. The summed E-state index contributed by atoms with van der Waals surface area (Å²) in [4.78, 5) is 0. The van der Waals surface area contributed by atoms with Crippen molar-refractivity contribution in [2.75, 3.05) is 7.11 Å². The molecule has 0 saturated heterocycles. The van der Waals surface area contributed by atoms with Gasteiger partial charge in [-0.3, -0.25) is 4.68 Å². The van der Waals surface area contributed by atoms with Gasteiger partial charge in [0.05, 0.1) is 29.1 Å². The Morgan fingerprint density at radius 1 is 1.56 bits per heavy atom. The van der Waals surface area contributed by atoms with E-state index in [-0.39, 0.29) is 12.1 Å². The highest BCUT2D eigenvalue weighted by molar-refractivity contribution is 6.31. The van der Waals surface area contributed by atoms with Crippen LogP contribution in [0.1, 0.15) is 38.4 Å². The molecular formula is C11H20ClN3O. The van der Waals surface area contributed by atoms with Gasteiger partial charge in [-0.25, -0.2) is 0 Å². The number of ether oxygens (including phenoxy) is 1. The predicted octanol–water partition coefficient (Wildman–Crippen LogP) is 2.37. The minimum atomic E-state index is -0.225. The lowest BCUT2D eigenvalue weighted by molar-refractivity contribution is 0.0746. The van der Waals surface area contributed by atoms with Crippen LogP contribution in [0.25, 0.3) is 0 Å². The van der Waals surface area contributed by atoms with Crippen LogP contribution in [0.15, 0.2) is 6.20 Å². The molecule has 0 bridgehead atoms. The zero-order chi connectivity index (χ0) is 12.1. The number of hydrogen-bond acceptors (Lipinski definition) is 3. The molecule has 0 amide bonds. The van der Waals surface area contributed by atoms with Crippen molar-refractivity contribution >= 4 is 11.6 Å². The minimum Gasteiger partial charge on any atom is -0.379 e. The number of hydrogen-bond donors (Lipinski definition) is 1. The third kappa shape index (κ3) is 2.75. The van der Waals surface area contributed by atoms with E-state index in [9.17, 15) is 0 Å². The third-order valence-corrected chi connectivity index (χ3v) is 2.98. The molecule has 16 heavy (non-hydrogen) atoms. The van der Waals surface area contributed by atoms with Crippen molar-refractivity contribution in [2.24, 2.45) is 5.73 Å². The Kier molecular flexibility index (Phi) is 5.25. The largest absolute Gasteiger partial charge is 0.379 e. The Labute approximate surface area is 102 Å². The molecule has 0 saturated carbocycles. The highest BCUT2D eigenvalue weighted by Gasteiger charge is 2.23. The van der Waals surface area contributed by atoms with Gasteiger partial charge in [0.1, 0.15) is 0 Å². The zero-order valence-electron chi connectivity index (χ0n) is 10.1. The van der Waals surface area contributed by atoms with E-state index >= 15 is 0 Å². The van der Waals surface area contributed by atoms with Gasteiger partial charge in [0.25, 0.3) is 0 Å². The van der Waals surface area contributed by atoms with Crippen LogP contribution in [0.2, 0.25) is 5.02 Å². The molecule has 2 N–H and O–H groups in total. The summed E-state index contributed by atoms with van der Waals surface area (Å²) in [5.74, 6) is 0. The van der Waals surface area contributed by atoms with Crippen LogP contribution in [-0.4, -0.2) is 23.0 Å². The fourth-order valence-electron chi connectivity index (χ4n) is 1.84. The van der Waals surface area contributed by atoms with Crippen LogP contribution in [-0.2, 0) is 11.3 Å². The van der Waals surface area contributed by atoms with Crippen molar-refractivity contribution in [1.29, 1.82) is 0 Å². The number of rotatable bonds is 6. The molecule has 4 nitrogen and oxygen atoms in total. The molecule has 1 aromatic heterocycles. The van der Waals surface area contributed by atoms with E-state index in [1.807, 2.05) is 11.6 Å². The van der Waals surface area contributed by atoms with Crippen molar-refractivity contribution in [1.82, 2.24) is 9.78 Å². The first-order chi connectivity index (χ1) is 7.65. The summed E-state index contributed by atoms with van der Waals surface area (Å²) in [5, 5.41) is 4.85. The zero-order valence-corrected chi connectivity index (χ0v) is 10.9. The number of aromatic nitrogens is 2. The molecule has 1 rings (SSSR count). The van der Waals surface area contributed by atoms with Gasteiger partial charge < -0.3 is 10.5 Å². The molecule has 5 heteroatoms. The van der Waals surface area contributed by atoms with Crippen molar-refractivity contribution in [3.63, 3.8) is 0 Å². The van der Waals surface area contributed by atoms with Gasteiger partial charge in [-0.2, -0.15) is 5.10 Å². The summed E-state index contributed by atoms with van der Waals surface area (Å²) < 4.78 is 7.22. The first kappa shape index (κ1) is 13.5. The summed E-state index contributed by atoms with van der Waals surface area (Å²) in [6.45, 7) is 4.97. The molecule has 0 fully saturated rings. The topological polar surface area (TPSA) is 53.1 Å². The Morgan fingerprint density at radius 3 is 2.75 bits per heavy atom. The van der Waals surface area contributed by atoms with Crippen molar-refractivity contribution < 1.29 is 4.74 Å². The van der Waals surface area contributed by atoms with E-state index < -0.39 is 0 Å². The second-order valence-corrected chi connectivity index (χ2v) is 4.22. The second kappa shape index (κ2) is 6.23. The third-order valence-electron chi connectivity index (χ3n) is 2.69. The summed E-state index contributed by atoms with van der Waals surface area (Å²) in [6.07, 6.45) is 3.48. The number of halogens is 1. The molecule has 1 aromatic rings. The first-order valence-electron chi connectivity index (χ1n) is 5.65. The van der Waals surface area contributed by atoms with Crippen LogP contribution in [0, 0.1) is 0 Å². The SMILES string of the molecule is CCCn1ncc(Cl)c1C(N)C(CC)OC. The van der Waals surface area contributed by atoms with E-state index in [4.69, 9.17) is 22.1 Å². The van der Waals surface area contributed by atoms with Crippen LogP contribution in [0.4, 0.5) is 0 Å². The molecule has 0 aromatic carbocycles. The highest BCUT2D eigenvalue weighted by atomic mass is 35.5. The van der Waals surface area contributed by atoms with E-state index in [2.05, 4.69) is 12.0 Å². The summed E-state index contributed by atoms with van der Waals surface area (Å²) in [5.41, 5.74) is 7.04. The van der Waals surface area contributed by atoms with Gasteiger partial charge in [-0.15, -0.1) is 0 Å². The standard InChI is InChI=1S/C11H20ClN3O/c1-4-6-15-11(8(12)7-14-15)10(13)9(5-2)16-3/h7,9-10H,4-6,13H2,1-3H3. The second-order valence-electron chi connectivity index (χ2n) is 3.81. The van der Waals surface area contributed by atoms with Crippen LogP contribution < -0.4 is 5.73 Å². The molecule has 0 aliphatic heterocycles. The lowest BCUT2D eigenvalue weighted by atomic mass is 10.1. The van der Waals surface area contributed by atoms with Gasteiger partial charge in [-0.05, 0) is 12.8 Å². The minimum absolute atomic E-state index is 0.0233. The van der Waals surface area contributed by atoms with E-state index in [1.165, 1.54) is 0 Å². The van der Waals surface area contributed by atoms with Crippen LogP contribution >= 0.6 is 11.6 Å². The molecule has 0 aliphatic rings. The molecule has 2 atom stereocenters. The lowest BCUT2D eigenvalue weighted by Gasteiger charge is -2.22. The average molecular weight is 246 g/mol. The van der Waals surface area contributed by atoms with Gasteiger partial charge in [0.15, 0.2) is 0 Å². The summed E-state index contributed by atoms with van der Waals surface area (Å²) >= 11 is 6.11. The fraction of sp³-hybridized carbons (Fsp3) is 0.727. The van der Waals surface area contributed by atoms with E-state index in [0.29, 0.717) is 5.02 Å². The lowest BCUT2D eigenvalue weighted by Crippen LogP contribution is -2.30. The number of nitrogens with zero attached hydrogens (tertiary/aromatic N) is 2. The van der Waals surface area contributed by atoms with E-state index in [1.54, 1.807) is 13.3 Å². The molecular weight excluding hydrogens is 226 g/mol. The Morgan fingerprint density at radius 2 is 2.25 bits per heavy atom. The van der Waals surface area contributed by atoms with E-state index in [0.717, 1.165) is 25.1 Å². The maximum atomic E-state index is 6.17. The smallest absolute Gasteiger partial charge is 0.0835 e. The number of nitrogens with two attached hydrogens (primary N) is 1. The molecule has 2 unspecified atom stereocenters. The van der Waals surface area contributed by atoms with Gasteiger partial charge in [0, 0.05) is 13.7 Å².